The molecule has 0 aromatic heterocycles. The van der Waals surface area contributed by atoms with Gasteiger partial charge in [-0.15, -0.1) is 11.8 Å². The van der Waals surface area contributed by atoms with Crippen molar-refractivity contribution in [3.63, 3.8) is 0 Å². The number of ether oxygens (including phenoxy) is 1. The lowest BCUT2D eigenvalue weighted by Gasteiger charge is -2.04. The summed E-state index contributed by atoms with van der Waals surface area (Å²) in [6.45, 7) is 1.96. The van der Waals surface area contributed by atoms with Gasteiger partial charge >= 0.3 is 5.97 Å². The molecule has 0 saturated carbocycles. The summed E-state index contributed by atoms with van der Waals surface area (Å²) in [6, 6.07) is 4.32. The van der Waals surface area contributed by atoms with Crippen LogP contribution in [0.1, 0.15) is 6.92 Å². The van der Waals surface area contributed by atoms with E-state index in [9.17, 15) is 19.1 Å². The Morgan fingerprint density at radius 2 is 2.21 bits per heavy atom. The summed E-state index contributed by atoms with van der Waals surface area (Å²) in [5.74, 6) is -0.423. The smallest absolute Gasteiger partial charge is 0.316 e. The van der Waals surface area contributed by atoms with Crippen LogP contribution in [0, 0.1) is 10.1 Å². The highest BCUT2D eigenvalue weighted by molar-refractivity contribution is 8.00. The molecule has 0 aliphatic rings. The third-order valence-electron chi connectivity index (χ3n) is 2.11. The first kappa shape index (κ1) is 15.6. The fraction of sp³-hybridized carbons (Fsp3) is 0.364. The van der Waals surface area contributed by atoms with Gasteiger partial charge in [-0.3, -0.25) is 19.1 Å². The number of thioether (sulfide) groups is 1. The lowest BCUT2D eigenvalue weighted by molar-refractivity contribution is -0.387. The number of hydrogen-bond donors (Lipinski definition) is 0. The van der Waals surface area contributed by atoms with Crippen LogP contribution in [0.2, 0.25) is 0 Å². The molecule has 0 bridgehead atoms. The highest BCUT2D eigenvalue weighted by Gasteiger charge is 2.17. The molecule has 0 amide bonds. The summed E-state index contributed by atoms with van der Waals surface area (Å²) in [6.07, 6.45) is 1.45. The number of nitrogens with zero attached hydrogens (tertiary/aromatic N) is 1. The van der Waals surface area contributed by atoms with Crippen molar-refractivity contribution in [2.75, 3.05) is 18.6 Å². The first-order valence-corrected chi connectivity index (χ1v) is 7.90. The topological polar surface area (TPSA) is 86.5 Å². The molecule has 0 fully saturated rings. The lowest BCUT2D eigenvalue weighted by Crippen LogP contribution is -2.06. The third-order valence-corrected chi connectivity index (χ3v) is 4.06. The quantitative estimate of drug-likeness (QED) is 0.346. The first-order valence-electron chi connectivity index (χ1n) is 5.36. The molecule has 1 unspecified atom stereocenters. The van der Waals surface area contributed by atoms with Crippen molar-refractivity contribution in [1.29, 1.82) is 0 Å². The summed E-state index contributed by atoms with van der Waals surface area (Å²) >= 11 is 1.03. The van der Waals surface area contributed by atoms with Crippen LogP contribution in [-0.4, -0.2) is 33.7 Å². The van der Waals surface area contributed by atoms with Crippen molar-refractivity contribution in [2.24, 2.45) is 0 Å². The summed E-state index contributed by atoms with van der Waals surface area (Å²) in [4.78, 5) is 22.3. The van der Waals surface area contributed by atoms with E-state index >= 15 is 0 Å². The van der Waals surface area contributed by atoms with Crippen LogP contribution in [-0.2, 0) is 20.3 Å². The van der Waals surface area contributed by atoms with Gasteiger partial charge in [-0.05, 0) is 19.1 Å². The normalized spacial score (nSPS) is 11.9. The summed E-state index contributed by atoms with van der Waals surface area (Å²) in [5, 5.41) is 10.9. The zero-order valence-electron chi connectivity index (χ0n) is 10.5. The minimum absolute atomic E-state index is 0.00322. The van der Waals surface area contributed by atoms with Crippen LogP contribution in [0.4, 0.5) is 5.69 Å². The monoisotopic (exact) mass is 303 g/mol. The van der Waals surface area contributed by atoms with E-state index in [1.165, 1.54) is 18.4 Å². The first-order chi connectivity index (χ1) is 8.95. The molecule has 1 atom stereocenters. The van der Waals surface area contributed by atoms with Crippen molar-refractivity contribution >= 4 is 34.2 Å². The van der Waals surface area contributed by atoms with E-state index in [-0.39, 0.29) is 18.0 Å². The van der Waals surface area contributed by atoms with Gasteiger partial charge in [-0.2, -0.15) is 0 Å². The van der Waals surface area contributed by atoms with Crippen molar-refractivity contribution in [3.8, 4) is 0 Å². The van der Waals surface area contributed by atoms with E-state index in [4.69, 9.17) is 4.74 Å². The Balaban J connectivity index is 2.91. The zero-order valence-corrected chi connectivity index (χ0v) is 12.1. The van der Waals surface area contributed by atoms with Crippen LogP contribution in [0.3, 0.4) is 0 Å². The van der Waals surface area contributed by atoms with Crippen molar-refractivity contribution in [2.45, 2.75) is 16.7 Å². The average molecular weight is 303 g/mol. The molecule has 0 saturated heterocycles. The maximum atomic E-state index is 11.3. The molecule has 104 valence electrons. The fourth-order valence-electron chi connectivity index (χ4n) is 1.28. The number of carbonyl (C=O) groups excluding carboxylic acids is 1. The van der Waals surface area contributed by atoms with Crippen LogP contribution in [0.15, 0.2) is 28.0 Å². The Morgan fingerprint density at radius 1 is 1.53 bits per heavy atom. The van der Waals surface area contributed by atoms with Crippen LogP contribution in [0.5, 0.6) is 0 Å². The van der Waals surface area contributed by atoms with Gasteiger partial charge in [0.1, 0.15) is 0 Å². The van der Waals surface area contributed by atoms with E-state index in [0.717, 1.165) is 11.8 Å². The highest BCUT2D eigenvalue weighted by atomic mass is 32.2. The maximum Gasteiger partial charge on any atom is 0.316 e. The van der Waals surface area contributed by atoms with Crippen LogP contribution < -0.4 is 0 Å². The molecule has 19 heavy (non-hydrogen) atoms. The minimum Gasteiger partial charge on any atom is -0.465 e. The molecule has 1 rings (SSSR count). The van der Waals surface area contributed by atoms with Gasteiger partial charge in [-0.25, -0.2) is 0 Å². The van der Waals surface area contributed by atoms with E-state index in [1.54, 1.807) is 13.0 Å². The molecular formula is C11H13NO5S2. The third kappa shape index (κ3) is 4.64. The van der Waals surface area contributed by atoms with E-state index in [0.29, 0.717) is 9.79 Å². The predicted octanol–water partition coefficient (Wildman–Crippen LogP) is 1.99. The van der Waals surface area contributed by atoms with Crippen molar-refractivity contribution in [1.82, 2.24) is 0 Å². The van der Waals surface area contributed by atoms with E-state index in [1.807, 2.05) is 0 Å². The molecule has 0 N–H and O–H groups in total. The van der Waals surface area contributed by atoms with Crippen molar-refractivity contribution < 1.29 is 18.7 Å². The summed E-state index contributed by atoms with van der Waals surface area (Å²) in [5.41, 5.74) is -0.151. The Hall–Kier alpha value is -1.41. The van der Waals surface area contributed by atoms with Gasteiger partial charge < -0.3 is 4.74 Å². The second-order valence-corrected chi connectivity index (χ2v) is 5.83. The molecule has 8 heteroatoms. The Bertz CT molecular complexity index is 518. The number of carbonyl (C=O) groups is 1. The second-order valence-electron chi connectivity index (χ2n) is 3.43. The van der Waals surface area contributed by atoms with Gasteiger partial charge in [0.05, 0.1) is 33.0 Å². The Kier molecular flexibility index (Phi) is 5.97. The van der Waals surface area contributed by atoms with Gasteiger partial charge in [0.2, 0.25) is 0 Å². The van der Waals surface area contributed by atoms with E-state index in [2.05, 4.69) is 0 Å². The van der Waals surface area contributed by atoms with Gasteiger partial charge in [-0.1, -0.05) is 0 Å². The average Bonchev–Trinajstić information content (AvgIpc) is 2.36. The lowest BCUT2D eigenvalue weighted by atomic mass is 10.3. The molecule has 6 nitrogen and oxygen atoms in total. The largest absolute Gasteiger partial charge is 0.465 e. The maximum absolute atomic E-state index is 11.3. The van der Waals surface area contributed by atoms with Crippen molar-refractivity contribution in [3.05, 3.63) is 28.3 Å². The molecule has 0 spiro atoms. The number of nitro groups is 1. The number of rotatable bonds is 6. The van der Waals surface area contributed by atoms with Gasteiger partial charge in [0, 0.05) is 17.2 Å². The molecule has 0 aliphatic carbocycles. The number of esters is 1. The molecule has 1 aromatic rings. The standard InChI is InChI=1S/C11H13NO5S2/c1-3-17-11(13)7-18-10-5-4-8(19(2)16)6-9(10)12(14)15/h4-6H,3,7H2,1-2H3. The Morgan fingerprint density at radius 3 is 2.74 bits per heavy atom. The van der Waals surface area contributed by atoms with Gasteiger partial charge in [0.25, 0.3) is 5.69 Å². The predicted molar refractivity (Wildman–Crippen MR) is 72.8 cm³/mol. The zero-order chi connectivity index (χ0) is 14.4. The SMILES string of the molecule is CCOC(=O)CSc1ccc(S(C)=O)cc1[N+](=O)[O-]. The molecule has 1 aromatic carbocycles. The highest BCUT2D eigenvalue weighted by Crippen LogP contribution is 2.30. The fourth-order valence-corrected chi connectivity index (χ4v) is 2.62. The molecule has 0 aliphatic heterocycles. The van der Waals surface area contributed by atoms with E-state index < -0.39 is 21.7 Å². The van der Waals surface area contributed by atoms with Crippen LogP contribution in [0.25, 0.3) is 0 Å². The molecule has 0 heterocycles. The van der Waals surface area contributed by atoms with Gasteiger partial charge in [0.15, 0.2) is 0 Å². The minimum atomic E-state index is -1.29. The number of benzene rings is 1. The number of hydrogen-bond acceptors (Lipinski definition) is 6. The van der Waals surface area contributed by atoms with Crippen LogP contribution >= 0.6 is 11.8 Å². The summed E-state index contributed by atoms with van der Waals surface area (Å²) < 4.78 is 16.0. The molecular weight excluding hydrogens is 290 g/mol. The Labute approximate surface area is 117 Å². The number of nitro benzene ring substituents is 1. The second kappa shape index (κ2) is 7.25. The summed E-state index contributed by atoms with van der Waals surface area (Å²) in [7, 11) is -1.29. The molecule has 0 radical (unpaired) electrons.